The first-order valence-electron chi connectivity index (χ1n) is 8.58. The summed E-state index contributed by atoms with van der Waals surface area (Å²) in [6, 6.07) is 7.18. The molecule has 0 saturated heterocycles. The molecule has 1 N–H and O–H groups in total. The van der Waals surface area contributed by atoms with E-state index < -0.39 is 0 Å². The highest BCUT2D eigenvalue weighted by Gasteiger charge is 2.20. The number of rotatable bonds is 5. The Labute approximate surface area is 154 Å². The molecule has 0 atom stereocenters. The van der Waals surface area contributed by atoms with E-state index in [9.17, 15) is 9.59 Å². The zero-order chi connectivity index (χ0) is 18.1. The van der Waals surface area contributed by atoms with Crippen LogP contribution in [0.15, 0.2) is 35.3 Å². The second kappa shape index (κ2) is 7.01. The highest BCUT2D eigenvalue weighted by molar-refractivity contribution is 7.16. The molecular formula is C19H19N3O3S. The van der Waals surface area contributed by atoms with Gasteiger partial charge in [0.25, 0.3) is 11.5 Å². The number of aryl methyl sites for hydroxylation is 2. The van der Waals surface area contributed by atoms with Crippen molar-refractivity contribution in [1.82, 2.24) is 9.55 Å². The van der Waals surface area contributed by atoms with Crippen LogP contribution in [0.2, 0.25) is 0 Å². The van der Waals surface area contributed by atoms with Gasteiger partial charge < -0.3 is 9.30 Å². The Balaban J connectivity index is 1.72. The van der Waals surface area contributed by atoms with Crippen molar-refractivity contribution < 1.29 is 9.53 Å². The second-order valence-corrected chi connectivity index (χ2v) is 7.36. The molecule has 3 aromatic rings. The third-order valence-corrected chi connectivity index (χ3v) is 5.66. The van der Waals surface area contributed by atoms with Crippen molar-refractivity contribution in [1.29, 1.82) is 0 Å². The van der Waals surface area contributed by atoms with Gasteiger partial charge in [-0.25, -0.2) is 4.98 Å². The molecule has 0 fully saturated rings. The molecule has 6 nitrogen and oxygen atoms in total. The lowest BCUT2D eigenvalue weighted by Gasteiger charge is -2.11. The van der Waals surface area contributed by atoms with Gasteiger partial charge in [0, 0.05) is 35.5 Å². The number of thiazole rings is 1. The fourth-order valence-corrected chi connectivity index (χ4v) is 4.33. The number of nitrogens with one attached hydrogen (secondary N) is 1. The summed E-state index contributed by atoms with van der Waals surface area (Å²) in [5.41, 5.74) is 1.44. The molecular weight excluding hydrogens is 350 g/mol. The van der Waals surface area contributed by atoms with Crippen molar-refractivity contribution in [2.75, 3.05) is 19.0 Å². The third-order valence-electron chi connectivity index (χ3n) is 4.59. The molecule has 4 rings (SSSR count). The molecule has 0 spiro atoms. The summed E-state index contributed by atoms with van der Waals surface area (Å²) in [6.45, 7) is 0.796. The zero-order valence-electron chi connectivity index (χ0n) is 14.4. The van der Waals surface area contributed by atoms with E-state index in [1.807, 2.05) is 6.07 Å². The monoisotopic (exact) mass is 369 g/mol. The van der Waals surface area contributed by atoms with E-state index in [0.29, 0.717) is 34.6 Å². The van der Waals surface area contributed by atoms with Gasteiger partial charge in [0.2, 0.25) is 0 Å². The molecule has 1 aromatic carbocycles. The van der Waals surface area contributed by atoms with Gasteiger partial charge in [0.15, 0.2) is 5.13 Å². The number of hydrogen-bond acceptors (Lipinski definition) is 5. The minimum Gasteiger partial charge on any atom is -0.383 e. The van der Waals surface area contributed by atoms with Crippen LogP contribution in [0, 0.1) is 0 Å². The van der Waals surface area contributed by atoms with E-state index in [4.69, 9.17) is 4.74 Å². The first-order valence-corrected chi connectivity index (χ1v) is 9.40. The smallest absolute Gasteiger partial charge is 0.259 e. The van der Waals surface area contributed by atoms with Crippen molar-refractivity contribution in [3.63, 3.8) is 0 Å². The molecule has 1 aliphatic carbocycles. The number of nitrogens with zero attached hydrogens (tertiary/aromatic N) is 2. The standard InChI is InChI=1S/C19H19N3O3S/c1-25-10-9-22-11-14(12-5-2-3-6-13(12)18(22)24)17(23)21-19-20-15-7-4-8-16(15)26-19/h2-3,5-6,11H,4,7-10H2,1H3,(H,20,21,23). The Morgan fingerprint density at radius 1 is 1.31 bits per heavy atom. The Bertz CT molecular complexity index is 1020. The maximum absolute atomic E-state index is 12.9. The van der Waals surface area contributed by atoms with E-state index in [1.54, 1.807) is 42.8 Å². The molecule has 0 aliphatic heterocycles. The van der Waals surface area contributed by atoms with E-state index in [-0.39, 0.29) is 11.5 Å². The molecule has 7 heteroatoms. The van der Waals surface area contributed by atoms with Crippen molar-refractivity contribution in [2.24, 2.45) is 0 Å². The number of carbonyl (C=O) groups excluding carboxylic acids is 1. The van der Waals surface area contributed by atoms with Crippen LogP contribution in [0.5, 0.6) is 0 Å². The predicted octanol–water partition coefficient (Wildman–Crippen LogP) is 2.85. The highest BCUT2D eigenvalue weighted by Crippen LogP contribution is 2.30. The van der Waals surface area contributed by atoms with E-state index >= 15 is 0 Å². The lowest BCUT2D eigenvalue weighted by molar-refractivity contribution is 0.102. The minimum absolute atomic E-state index is 0.123. The number of ether oxygens (including phenoxy) is 1. The Morgan fingerprint density at radius 2 is 2.12 bits per heavy atom. The highest BCUT2D eigenvalue weighted by atomic mass is 32.1. The van der Waals surface area contributed by atoms with Gasteiger partial charge in [-0.1, -0.05) is 18.2 Å². The SMILES string of the molecule is COCCn1cc(C(=O)Nc2nc3c(s2)CCC3)c2ccccc2c1=O. The second-order valence-electron chi connectivity index (χ2n) is 6.28. The zero-order valence-corrected chi connectivity index (χ0v) is 15.3. The van der Waals surface area contributed by atoms with E-state index in [2.05, 4.69) is 10.3 Å². The average molecular weight is 369 g/mol. The van der Waals surface area contributed by atoms with Crippen LogP contribution in [0.4, 0.5) is 5.13 Å². The van der Waals surface area contributed by atoms with Gasteiger partial charge in [-0.15, -0.1) is 11.3 Å². The van der Waals surface area contributed by atoms with Gasteiger partial charge in [-0.3, -0.25) is 14.9 Å². The fourth-order valence-electron chi connectivity index (χ4n) is 3.29. The molecule has 1 amide bonds. The molecule has 2 aromatic heterocycles. The molecule has 134 valence electrons. The predicted molar refractivity (Wildman–Crippen MR) is 102 cm³/mol. The number of hydrogen-bond donors (Lipinski definition) is 1. The molecule has 0 radical (unpaired) electrons. The summed E-state index contributed by atoms with van der Waals surface area (Å²) >= 11 is 1.54. The van der Waals surface area contributed by atoms with Crippen LogP contribution in [-0.2, 0) is 24.1 Å². The summed E-state index contributed by atoms with van der Waals surface area (Å²) in [6.07, 6.45) is 4.76. The molecule has 2 heterocycles. The van der Waals surface area contributed by atoms with Gasteiger partial charge in [-0.05, 0) is 25.3 Å². The Hall–Kier alpha value is -2.51. The number of amides is 1. The fraction of sp³-hybridized carbons (Fsp3) is 0.316. The molecule has 1 aliphatic rings. The number of pyridine rings is 1. The van der Waals surface area contributed by atoms with E-state index in [0.717, 1.165) is 25.0 Å². The first kappa shape index (κ1) is 16.9. The van der Waals surface area contributed by atoms with Crippen molar-refractivity contribution in [3.8, 4) is 0 Å². The number of anilines is 1. The maximum atomic E-state index is 12.9. The summed E-state index contributed by atoms with van der Waals surface area (Å²) in [5, 5.41) is 4.70. The summed E-state index contributed by atoms with van der Waals surface area (Å²) in [4.78, 5) is 31.3. The Kier molecular flexibility index (Phi) is 4.57. The van der Waals surface area contributed by atoms with Crippen LogP contribution in [-0.4, -0.2) is 29.2 Å². The summed E-state index contributed by atoms with van der Waals surface area (Å²) < 4.78 is 6.61. The van der Waals surface area contributed by atoms with Gasteiger partial charge in [0.1, 0.15) is 0 Å². The topological polar surface area (TPSA) is 73.2 Å². The van der Waals surface area contributed by atoms with Crippen molar-refractivity contribution >= 4 is 33.1 Å². The van der Waals surface area contributed by atoms with Crippen LogP contribution in [0.1, 0.15) is 27.3 Å². The summed E-state index contributed by atoms with van der Waals surface area (Å²) in [5.74, 6) is -0.250. The van der Waals surface area contributed by atoms with Gasteiger partial charge in [0.05, 0.1) is 17.9 Å². The summed E-state index contributed by atoms with van der Waals surface area (Å²) in [7, 11) is 1.58. The first-order chi connectivity index (χ1) is 12.7. The number of fused-ring (bicyclic) bond motifs is 2. The number of carbonyl (C=O) groups is 1. The van der Waals surface area contributed by atoms with Crippen LogP contribution in [0.3, 0.4) is 0 Å². The average Bonchev–Trinajstić information content (AvgIpc) is 3.23. The van der Waals surface area contributed by atoms with Crippen LogP contribution < -0.4 is 10.9 Å². The minimum atomic E-state index is -0.250. The number of methoxy groups -OCH3 is 1. The van der Waals surface area contributed by atoms with Crippen molar-refractivity contribution in [3.05, 3.63) is 57.0 Å². The Morgan fingerprint density at radius 3 is 2.88 bits per heavy atom. The molecule has 0 unspecified atom stereocenters. The van der Waals surface area contributed by atoms with Crippen LogP contribution in [0.25, 0.3) is 10.8 Å². The third kappa shape index (κ3) is 3.04. The molecule has 26 heavy (non-hydrogen) atoms. The number of aromatic nitrogens is 2. The number of benzene rings is 1. The lowest BCUT2D eigenvalue weighted by atomic mass is 10.1. The lowest BCUT2D eigenvalue weighted by Crippen LogP contribution is -2.25. The molecule has 0 saturated carbocycles. The van der Waals surface area contributed by atoms with Crippen LogP contribution >= 0.6 is 11.3 Å². The quantitative estimate of drug-likeness (QED) is 0.751. The van der Waals surface area contributed by atoms with Crippen molar-refractivity contribution in [2.45, 2.75) is 25.8 Å². The van der Waals surface area contributed by atoms with Gasteiger partial charge in [-0.2, -0.15) is 0 Å². The normalized spacial score (nSPS) is 13.1. The molecule has 0 bridgehead atoms. The van der Waals surface area contributed by atoms with E-state index in [1.165, 1.54) is 9.44 Å². The maximum Gasteiger partial charge on any atom is 0.259 e. The largest absolute Gasteiger partial charge is 0.383 e. The van der Waals surface area contributed by atoms with Gasteiger partial charge >= 0.3 is 0 Å².